The van der Waals surface area contributed by atoms with Crippen LogP contribution in [0, 0.1) is 0 Å². The SMILES string of the molecule is COc1ccc(C=NN2C(=O)CSC2=S)cc1OC. The molecule has 1 heterocycles. The number of hydrogen-bond donors (Lipinski definition) is 0. The first-order valence-electron chi connectivity index (χ1n) is 5.41. The van der Waals surface area contributed by atoms with Crippen LogP contribution in [0.25, 0.3) is 0 Å². The molecular formula is C12H12N2O3S2. The summed E-state index contributed by atoms with van der Waals surface area (Å²) in [5.41, 5.74) is 0.796. The fourth-order valence-electron chi connectivity index (χ4n) is 1.52. The van der Waals surface area contributed by atoms with Crippen LogP contribution in [0.3, 0.4) is 0 Å². The van der Waals surface area contributed by atoms with Crippen LogP contribution in [0.2, 0.25) is 0 Å². The van der Waals surface area contributed by atoms with Gasteiger partial charge in [0.2, 0.25) is 0 Å². The number of thiocarbonyl (C=S) groups is 1. The van der Waals surface area contributed by atoms with E-state index in [9.17, 15) is 4.79 Å². The van der Waals surface area contributed by atoms with E-state index in [-0.39, 0.29) is 5.91 Å². The Balaban J connectivity index is 2.19. The van der Waals surface area contributed by atoms with Crippen molar-refractivity contribution < 1.29 is 14.3 Å². The van der Waals surface area contributed by atoms with Crippen molar-refractivity contribution in [3.8, 4) is 11.5 Å². The van der Waals surface area contributed by atoms with Crippen molar-refractivity contribution in [2.24, 2.45) is 5.10 Å². The Morgan fingerprint density at radius 3 is 2.68 bits per heavy atom. The maximum absolute atomic E-state index is 11.5. The van der Waals surface area contributed by atoms with Crippen LogP contribution in [0.1, 0.15) is 5.56 Å². The summed E-state index contributed by atoms with van der Waals surface area (Å²) in [5.74, 6) is 1.49. The first-order valence-corrected chi connectivity index (χ1v) is 6.81. The minimum absolute atomic E-state index is 0.105. The number of nitrogens with zero attached hydrogens (tertiary/aromatic N) is 2. The molecule has 1 amide bonds. The molecule has 0 saturated carbocycles. The normalized spacial score (nSPS) is 15.4. The number of amides is 1. The second kappa shape index (κ2) is 6.03. The van der Waals surface area contributed by atoms with Gasteiger partial charge >= 0.3 is 0 Å². The summed E-state index contributed by atoms with van der Waals surface area (Å²) in [6, 6.07) is 5.37. The minimum Gasteiger partial charge on any atom is -0.493 e. The number of hydrazone groups is 1. The van der Waals surface area contributed by atoms with Crippen molar-refractivity contribution in [1.82, 2.24) is 5.01 Å². The maximum atomic E-state index is 11.5. The molecule has 0 unspecified atom stereocenters. The molecule has 1 fully saturated rings. The summed E-state index contributed by atoms with van der Waals surface area (Å²) in [6.45, 7) is 0. The average Bonchev–Trinajstić information content (AvgIpc) is 2.75. The number of carbonyl (C=O) groups is 1. The van der Waals surface area contributed by atoms with Gasteiger partial charge in [0.05, 0.1) is 26.2 Å². The zero-order valence-electron chi connectivity index (χ0n) is 10.5. The van der Waals surface area contributed by atoms with Crippen LogP contribution in [-0.4, -0.2) is 41.4 Å². The van der Waals surface area contributed by atoms with Gasteiger partial charge < -0.3 is 9.47 Å². The van der Waals surface area contributed by atoms with Crippen LogP contribution in [0.4, 0.5) is 0 Å². The monoisotopic (exact) mass is 296 g/mol. The number of rotatable bonds is 4. The van der Waals surface area contributed by atoms with Gasteiger partial charge in [0, 0.05) is 0 Å². The second-order valence-corrected chi connectivity index (χ2v) is 5.23. The van der Waals surface area contributed by atoms with Crippen molar-refractivity contribution in [3.63, 3.8) is 0 Å². The Morgan fingerprint density at radius 2 is 2.11 bits per heavy atom. The van der Waals surface area contributed by atoms with Gasteiger partial charge in [-0.2, -0.15) is 10.1 Å². The lowest BCUT2D eigenvalue weighted by molar-refractivity contribution is -0.123. The highest BCUT2D eigenvalue weighted by molar-refractivity contribution is 8.23. The first kappa shape index (κ1) is 13.8. The number of hydrogen-bond acceptors (Lipinski definition) is 6. The lowest BCUT2D eigenvalue weighted by atomic mass is 10.2. The van der Waals surface area contributed by atoms with Crippen LogP contribution < -0.4 is 9.47 Å². The smallest absolute Gasteiger partial charge is 0.259 e. The Bertz CT molecular complexity index is 530. The average molecular weight is 296 g/mol. The Kier molecular flexibility index (Phi) is 4.39. The minimum atomic E-state index is -0.105. The summed E-state index contributed by atoms with van der Waals surface area (Å²) in [6.07, 6.45) is 1.57. The quantitative estimate of drug-likeness (QED) is 0.627. The highest BCUT2D eigenvalue weighted by Crippen LogP contribution is 2.27. The molecule has 0 atom stereocenters. The third-order valence-electron chi connectivity index (χ3n) is 2.46. The van der Waals surface area contributed by atoms with Crippen LogP contribution in [-0.2, 0) is 4.79 Å². The molecule has 19 heavy (non-hydrogen) atoms. The van der Waals surface area contributed by atoms with E-state index < -0.39 is 0 Å². The van der Waals surface area contributed by atoms with Gasteiger partial charge in [-0.3, -0.25) is 4.79 Å². The molecule has 0 spiro atoms. The van der Waals surface area contributed by atoms with Gasteiger partial charge in [-0.15, -0.1) is 0 Å². The van der Waals surface area contributed by atoms with Gasteiger partial charge in [0.1, 0.15) is 0 Å². The maximum Gasteiger partial charge on any atom is 0.259 e. The number of methoxy groups -OCH3 is 2. The summed E-state index contributed by atoms with van der Waals surface area (Å²) in [5, 5.41) is 5.32. The van der Waals surface area contributed by atoms with Crippen LogP contribution in [0.5, 0.6) is 11.5 Å². The lowest BCUT2D eigenvalue weighted by Crippen LogP contribution is -2.22. The molecule has 100 valence electrons. The predicted molar refractivity (Wildman–Crippen MR) is 79.0 cm³/mol. The zero-order valence-corrected chi connectivity index (χ0v) is 12.1. The van der Waals surface area contributed by atoms with E-state index in [1.807, 2.05) is 6.07 Å². The van der Waals surface area contributed by atoms with Crippen molar-refractivity contribution in [2.45, 2.75) is 0 Å². The van der Waals surface area contributed by atoms with Gasteiger partial charge in [0.15, 0.2) is 15.8 Å². The van der Waals surface area contributed by atoms with E-state index in [4.69, 9.17) is 21.7 Å². The number of carbonyl (C=O) groups excluding carboxylic acids is 1. The number of thioether (sulfide) groups is 1. The van der Waals surface area contributed by atoms with E-state index in [1.165, 1.54) is 16.8 Å². The molecular weight excluding hydrogens is 284 g/mol. The van der Waals surface area contributed by atoms with Gasteiger partial charge in [-0.25, -0.2) is 0 Å². The molecule has 0 N–H and O–H groups in total. The molecule has 1 aromatic carbocycles. The second-order valence-electron chi connectivity index (χ2n) is 3.62. The molecule has 1 aliphatic rings. The van der Waals surface area contributed by atoms with Crippen LogP contribution >= 0.6 is 24.0 Å². The Labute approximate surface area is 120 Å². The van der Waals surface area contributed by atoms with E-state index in [2.05, 4.69) is 5.10 Å². The lowest BCUT2D eigenvalue weighted by Gasteiger charge is -2.09. The van der Waals surface area contributed by atoms with Crippen LogP contribution in [0.15, 0.2) is 23.3 Å². The van der Waals surface area contributed by atoms with Crippen molar-refractivity contribution in [3.05, 3.63) is 23.8 Å². The summed E-state index contributed by atoms with van der Waals surface area (Å²) >= 11 is 6.34. The topological polar surface area (TPSA) is 51.1 Å². The third kappa shape index (κ3) is 3.05. The van der Waals surface area contributed by atoms with Crippen molar-refractivity contribution in [1.29, 1.82) is 0 Å². The van der Waals surface area contributed by atoms with Crippen molar-refractivity contribution >= 4 is 40.4 Å². The molecule has 0 aromatic heterocycles. The van der Waals surface area contributed by atoms with Crippen molar-refractivity contribution in [2.75, 3.05) is 20.0 Å². The molecule has 1 saturated heterocycles. The van der Waals surface area contributed by atoms with E-state index >= 15 is 0 Å². The Hall–Kier alpha value is -1.60. The molecule has 2 rings (SSSR count). The molecule has 0 aliphatic carbocycles. The fourth-order valence-corrected chi connectivity index (χ4v) is 2.48. The third-order valence-corrected chi connectivity index (χ3v) is 3.80. The number of benzene rings is 1. The molecule has 7 heteroatoms. The van der Waals surface area contributed by atoms with E-state index in [0.29, 0.717) is 21.6 Å². The van der Waals surface area contributed by atoms with Gasteiger partial charge in [0.25, 0.3) is 5.91 Å². The standard InChI is InChI=1S/C12H12N2O3S2/c1-16-9-4-3-8(5-10(9)17-2)6-13-14-11(15)7-19-12(14)18/h3-6H,7H2,1-2H3. The first-order chi connectivity index (χ1) is 9.15. The predicted octanol–water partition coefficient (Wildman–Crippen LogP) is 1.90. The zero-order chi connectivity index (χ0) is 13.8. The summed E-state index contributed by atoms with van der Waals surface area (Å²) < 4.78 is 10.8. The molecule has 1 aromatic rings. The van der Waals surface area contributed by atoms with E-state index in [1.54, 1.807) is 32.6 Å². The summed E-state index contributed by atoms with van der Waals surface area (Å²) in [4.78, 5) is 11.5. The molecule has 5 nitrogen and oxygen atoms in total. The summed E-state index contributed by atoms with van der Waals surface area (Å²) in [7, 11) is 3.14. The molecule has 0 radical (unpaired) electrons. The van der Waals surface area contributed by atoms with Gasteiger partial charge in [-0.1, -0.05) is 24.0 Å². The molecule has 1 aliphatic heterocycles. The highest BCUT2D eigenvalue weighted by atomic mass is 32.2. The Morgan fingerprint density at radius 1 is 1.37 bits per heavy atom. The highest BCUT2D eigenvalue weighted by Gasteiger charge is 2.25. The fraction of sp³-hybridized carbons (Fsp3) is 0.250. The number of ether oxygens (including phenoxy) is 2. The molecule has 0 bridgehead atoms. The van der Waals surface area contributed by atoms with E-state index in [0.717, 1.165) is 5.56 Å². The van der Waals surface area contributed by atoms with Gasteiger partial charge in [-0.05, 0) is 23.8 Å². The largest absolute Gasteiger partial charge is 0.493 e.